The third kappa shape index (κ3) is 2.78. The molecule has 0 spiro atoms. The lowest BCUT2D eigenvalue weighted by Gasteiger charge is -2.31. The predicted molar refractivity (Wildman–Crippen MR) is 98.9 cm³/mol. The number of halogens is 1. The van der Waals surface area contributed by atoms with Crippen LogP contribution in [0.2, 0.25) is 0 Å². The van der Waals surface area contributed by atoms with E-state index in [0.717, 1.165) is 10.9 Å². The Hall–Kier alpha value is -2.34. The van der Waals surface area contributed by atoms with E-state index in [1.165, 1.54) is 16.7 Å². The molecular weight excluding hydrogens is 366 g/mol. The van der Waals surface area contributed by atoms with Gasteiger partial charge in [0.1, 0.15) is 0 Å². The summed E-state index contributed by atoms with van der Waals surface area (Å²) in [5.74, 6) is 1.01. The molecule has 0 unspecified atom stereocenters. The van der Waals surface area contributed by atoms with E-state index in [-0.39, 0.29) is 12.1 Å². The van der Waals surface area contributed by atoms with E-state index in [1.54, 1.807) is 0 Å². The van der Waals surface area contributed by atoms with Gasteiger partial charge in [0.05, 0.1) is 12.1 Å². The van der Waals surface area contributed by atoms with Crippen LogP contribution < -0.4 is 11.1 Å². The lowest BCUT2D eigenvalue weighted by atomic mass is 9.93. The summed E-state index contributed by atoms with van der Waals surface area (Å²) >= 11 is 3.56. The Morgan fingerprint density at radius 1 is 1.17 bits per heavy atom. The zero-order valence-electron chi connectivity index (χ0n) is 13.3. The van der Waals surface area contributed by atoms with Crippen LogP contribution in [0, 0.1) is 6.92 Å². The molecule has 2 aromatic carbocycles. The fourth-order valence-electron chi connectivity index (χ4n) is 3.20. The molecule has 0 aliphatic carbocycles. The molecule has 2 heterocycles. The van der Waals surface area contributed by atoms with Gasteiger partial charge in [-0.05, 0) is 36.6 Å². The number of nitrogen functional groups attached to an aromatic ring is 1. The average molecular weight is 384 g/mol. The predicted octanol–water partition coefficient (Wildman–Crippen LogP) is 4.08. The second-order valence-electron chi connectivity index (χ2n) is 6.15. The smallest absolute Gasteiger partial charge is 0.241 e. The molecule has 5 nitrogen and oxygen atoms in total. The van der Waals surface area contributed by atoms with Crippen molar-refractivity contribution in [1.29, 1.82) is 0 Å². The van der Waals surface area contributed by atoms with Gasteiger partial charge in [0.15, 0.2) is 0 Å². The van der Waals surface area contributed by atoms with Crippen LogP contribution in [0.3, 0.4) is 0 Å². The first-order chi connectivity index (χ1) is 11.6. The summed E-state index contributed by atoms with van der Waals surface area (Å²) in [5, 5.41) is 7.85. The highest BCUT2D eigenvalue weighted by Crippen LogP contribution is 2.38. The first kappa shape index (κ1) is 15.2. The second kappa shape index (κ2) is 5.94. The molecule has 4 rings (SSSR count). The van der Waals surface area contributed by atoms with Crippen LogP contribution in [0.1, 0.15) is 35.2 Å². The minimum Gasteiger partial charge on any atom is -0.366 e. The van der Waals surface area contributed by atoms with E-state index < -0.39 is 0 Å². The molecule has 0 bridgehead atoms. The van der Waals surface area contributed by atoms with Crippen LogP contribution in [-0.4, -0.2) is 14.8 Å². The number of rotatable bonds is 2. The summed E-state index contributed by atoms with van der Waals surface area (Å²) in [5.41, 5.74) is 9.53. The Labute approximate surface area is 149 Å². The number of nitrogens with one attached hydrogen (secondary N) is 1. The van der Waals surface area contributed by atoms with Gasteiger partial charge < -0.3 is 11.1 Å². The molecular formula is C18H18BrN5. The zero-order valence-corrected chi connectivity index (χ0v) is 14.9. The molecule has 0 radical (unpaired) electrons. The molecule has 2 atom stereocenters. The molecule has 1 aliphatic rings. The van der Waals surface area contributed by atoms with Gasteiger partial charge >= 0.3 is 0 Å². The van der Waals surface area contributed by atoms with Crippen molar-refractivity contribution in [3.63, 3.8) is 0 Å². The van der Waals surface area contributed by atoms with Crippen LogP contribution in [0.5, 0.6) is 0 Å². The van der Waals surface area contributed by atoms with Gasteiger partial charge in [0.25, 0.3) is 0 Å². The topological polar surface area (TPSA) is 68.8 Å². The quantitative estimate of drug-likeness (QED) is 0.699. The fraction of sp³-hybridized carbons (Fsp3) is 0.222. The Bertz CT molecular complexity index is 871. The van der Waals surface area contributed by atoms with Crippen LogP contribution in [-0.2, 0) is 0 Å². The maximum absolute atomic E-state index is 5.84. The Balaban J connectivity index is 1.76. The van der Waals surface area contributed by atoms with Crippen molar-refractivity contribution in [2.75, 3.05) is 11.1 Å². The number of hydrogen-bond donors (Lipinski definition) is 2. The van der Waals surface area contributed by atoms with Crippen molar-refractivity contribution in [1.82, 2.24) is 14.8 Å². The third-order valence-corrected chi connectivity index (χ3v) is 4.91. The van der Waals surface area contributed by atoms with Crippen molar-refractivity contribution in [2.24, 2.45) is 0 Å². The maximum atomic E-state index is 5.84. The largest absolute Gasteiger partial charge is 0.366 e. The van der Waals surface area contributed by atoms with Crippen LogP contribution in [0.4, 0.5) is 11.9 Å². The highest BCUT2D eigenvalue weighted by Gasteiger charge is 2.30. The van der Waals surface area contributed by atoms with Crippen molar-refractivity contribution >= 4 is 27.8 Å². The van der Waals surface area contributed by atoms with Gasteiger partial charge in [-0.15, -0.1) is 5.10 Å². The van der Waals surface area contributed by atoms with E-state index in [2.05, 4.69) is 74.7 Å². The molecule has 0 fully saturated rings. The van der Waals surface area contributed by atoms with Gasteiger partial charge in [-0.25, -0.2) is 4.68 Å². The highest BCUT2D eigenvalue weighted by molar-refractivity contribution is 9.10. The molecule has 24 heavy (non-hydrogen) atoms. The summed E-state index contributed by atoms with van der Waals surface area (Å²) in [6.45, 7) is 2.10. The first-order valence-corrected chi connectivity index (χ1v) is 8.70. The van der Waals surface area contributed by atoms with Crippen molar-refractivity contribution in [3.8, 4) is 0 Å². The molecule has 0 saturated heterocycles. The first-order valence-electron chi connectivity index (χ1n) is 7.91. The summed E-state index contributed by atoms with van der Waals surface area (Å²) in [6, 6.07) is 17.2. The van der Waals surface area contributed by atoms with Crippen LogP contribution >= 0.6 is 15.9 Å². The van der Waals surface area contributed by atoms with Gasteiger partial charge in [0.2, 0.25) is 11.9 Å². The maximum Gasteiger partial charge on any atom is 0.241 e. The van der Waals surface area contributed by atoms with Crippen molar-refractivity contribution in [3.05, 3.63) is 69.7 Å². The highest BCUT2D eigenvalue weighted by atomic mass is 79.9. The normalized spacial score (nSPS) is 19.6. The van der Waals surface area contributed by atoms with E-state index in [4.69, 9.17) is 5.73 Å². The number of anilines is 2. The van der Waals surface area contributed by atoms with Gasteiger partial charge in [-0.2, -0.15) is 4.98 Å². The Kier molecular flexibility index (Phi) is 3.76. The summed E-state index contributed by atoms with van der Waals surface area (Å²) in [6.07, 6.45) is 0.884. The molecule has 6 heteroatoms. The second-order valence-corrected chi connectivity index (χ2v) is 7.07. The lowest BCUT2D eigenvalue weighted by Crippen LogP contribution is -2.28. The lowest BCUT2D eigenvalue weighted by molar-refractivity contribution is 0.431. The third-order valence-electron chi connectivity index (χ3n) is 4.42. The summed E-state index contributed by atoms with van der Waals surface area (Å²) in [7, 11) is 0. The van der Waals surface area contributed by atoms with Crippen molar-refractivity contribution in [2.45, 2.75) is 25.4 Å². The molecule has 1 aromatic heterocycles. The van der Waals surface area contributed by atoms with Crippen LogP contribution in [0.25, 0.3) is 0 Å². The monoisotopic (exact) mass is 383 g/mol. The zero-order chi connectivity index (χ0) is 16.7. The standard InChI is InChI=1S/C18H18BrN5/c1-11-5-7-12(8-6-11)15-10-16(13-3-2-4-14(19)9-13)24-18(21-15)22-17(20)23-24/h2-9,15-16H,10H2,1H3,(H3,20,21,22,23)/t15-,16-/m1/s1. The van der Waals surface area contributed by atoms with E-state index in [0.29, 0.717) is 11.9 Å². The fourth-order valence-corrected chi connectivity index (χ4v) is 3.62. The molecule has 0 saturated carbocycles. The Morgan fingerprint density at radius 2 is 1.96 bits per heavy atom. The van der Waals surface area contributed by atoms with Crippen molar-refractivity contribution < 1.29 is 0 Å². The number of aryl methyl sites for hydroxylation is 1. The SMILES string of the molecule is Cc1ccc([C@H]2C[C@H](c3cccc(Br)c3)n3nc(N)nc3N2)cc1. The van der Waals surface area contributed by atoms with Gasteiger partial charge in [-0.3, -0.25) is 0 Å². The van der Waals surface area contributed by atoms with Gasteiger partial charge in [-0.1, -0.05) is 57.9 Å². The number of hydrogen-bond acceptors (Lipinski definition) is 4. The molecule has 0 amide bonds. The molecule has 3 aromatic rings. The van der Waals surface area contributed by atoms with Gasteiger partial charge in [0, 0.05) is 4.47 Å². The van der Waals surface area contributed by atoms with E-state index >= 15 is 0 Å². The number of benzene rings is 2. The summed E-state index contributed by atoms with van der Waals surface area (Å²) in [4.78, 5) is 4.35. The van der Waals surface area contributed by atoms with Crippen LogP contribution in [0.15, 0.2) is 53.0 Å². The minimum absolute atomic E-state index is 0.0925. The van der Waals surface area contributed by atoms with E-state index in [9.17, 15) is 0 Å². The minimum atomic E-state index is 0.0925. The molecule has 1 aliphatic heterocycles. The number of fused-ring (bicyclic) bond motifs is 1. The molecule has 122 valence electrons. The average Bonchev–Trinajstić information content (AvgIpc) is 2.94. The van der Waals surface area contributed by atoms with E-state index in [1.807, 2.05) is 16.8 Å². The number of nitrogens with two attached hydrogens (primary N) is 1. The number of aromatic nitrogens is 3. The molecule has 3 N–H and O–H groups in total. The summed E-state index contributed by atoms with van der Waals surface area (Å²) < 4.78 is 2.95. The Morgan fingerprint density at radius 3 is 2.71 bits per heavy atom. The number of nitrogens with zero attached hydrogens (tertiary/aromatic N) is 3.